The number of alkyl halides is 3. The first-order valence-electron chi connectivity index (χ1n) is 11.6. The number of carboxylic acids is 1. The quantitative estimate of drug-likeness (QED) is 0.320. The van der Waals surface area contributed by atoms with E-state index in [1.54, 1.807) is 18.2 Å². The minimum absolute atomic E-state index is 0.0130. The maximum atomic E-state index is 13.8. The first-order valence-corrected chi connectivity index (χ1v) is 12.4. The van der Waals surface area contributed by atoms with Gasteiger partial charge in [0, 0.05) is 27.8 Å². The molecule has 1 aliphatic rings. The van der Waals surface area contributed by atoms with E-state index >= 15 is 0 Å². The number of hydrogen-bond acceptors (Lipinski definition) is 6. The summed E-state index contributed by atoms with van der Waals surface area (Å²) in [6.45, 7) is -0.0716. The molecule has 13 heteroatoms. The van der Waals surface area contributed by atoms with Gasteiger partial charge in [-0.25, -0.2) is 0 Å². The second kappa shape index (κ2) is 11.8. The molecule has 0 spiro atoms. The SMILES string of the molecule is COc1ccc(CN2C(=O)C(CC(=O)O)OC(c3cccc(OC(F)(F)F)c3Cl)c3cc(Cl)ccc32)c(OC)c1. The Hall–Kier alpha value is -3.67. The highest BCUT2D eigenvalue weighted by atomic mass is 35.5. The van der Waals surface area contributed by atoms with Crippen LogP contribution < -0.4 is 19.1 Å². The minimum Gasteiger partial charge on any atom is -0.497 e. The van der Waals surface area contributed by atoms with Crippen LogP contribution in [0.5, 0.6) is 17.2 Å². The molecule has 0 aromatic heterocycles. The van der Waals surface area contributed by atoms with E-state index in [0.29, 0.717) is 17.1 Å². The third kappa shape index (κ3) is 6.38. The minimum atomic E-state index is -5.02. The zero-order valence-electron chi connectivity index (χ0n) is 21.0. The standard InChI is InChI=1S/C27H22Cl2F3NO7/c1-37-16-8-6-14(21(11-16)38-2)13-33-19-9-7-15(28)10-18(19)25(39-22(26(33)36)12-23(34)35)17-4-3-5-20(24(17)29)40-27(30,31)32/h3-11,22,25H,12-13H2,1-2H3,(H,34,35). The predicted octanol–water partition coefficient (Wildman–Crippen LogP) is 6.41. The van der Waals surface area contributed by atoms with Crippen molar-refractivity contribution in [1.82, 2.24) is 0 Å². The molecule has 1 aliphatic heterocycles. The highest BCUT2D eigenvalue weighted by Gasteiger charge is 2.40. The lowest BCUT2D eigenvalue weighted by atomic mass is 9.98. The second-order valence-electron chi connectivity index (χ2n) is 8.62. The van der Waals surface area contributed by atoms with Crippen LogP contribution in [0.2, 0.25) is 10.0 Å². The summed E-state index contributed by atoms with van der Waals surface area (Å²) in [5.41, 5.74) is 1.12. The average molecular weight is 600 g/mol. The number of methoxy groups -OCH3 is 2. The number of rotatable bonds is 8. The smallest absolute Gasteiger partial charge is 0.497 e. The van der Waals surface area contributed by atoms with Gasteiger partial charge in [0.15, 0.2) is 0 Å². The second-order valence-corrected chi connectivity index (χ2v) is 9.43. The van der Waals surface area contributed by atoms with Crippen LogP contribution in [0.3, 0.4) is 0 Å². The molecule has 8 nitrogen and oxygen atoms in total. The third-order valence-corrected chi connectivity index (χ3v) is 6.73. The van der Waals surface area contributed by atoms with Crippen LogP contribution in [0, 0.1) is 0 Å². The Morgan fingerprint density at radius 3 is 2.42 bits per heavy atom. The van der Waals surface area contributed by atoms with Crippen LogP contribution in [-0.4, -0.2) is 43.7 Å². The number of anilines is 1. The van der Waals surface area contributed by atoms with E-state index in [0.717, 1.165) is 6.07 Å². The summed E-state index contributed by atoms with van der Waals surface area (Å²) in [4.78, 5) is 26.9. The van der Waals surface area contributed by atoms with Gasteiger partial charge in [0.05, 0.1) is 37.9 Å². The molecule has 40 heavy (non-hydrogen) atoms. The van der Waals surface area contributed by atoms with Crippen molar-refractivity contribution >= 4 is 40.8 Å². The van der Waals surface area contributed by atoms with Gasteiger partial charge >= 0.3 is 12.3 Å². The van der Waals surface area contributed by atoms with Crippen molar-refractivity contribution < 1.29 is 46.8 Å². The fourth-order valence-electron chi connectivity index (χ4n) is 4.35. The van der Waals surface area contributed by atoms with Crippen LogP contribution in [0.15, 0.2) is 54.6 Å². The molecule has 0 fully saturated rings. The number of nitrogens with zero attached hydrogens (tertiary/aromatic N) is 1. The lowest BCUT2D eigenvalue weighted by molar-refractivity contribution is -0.274. The van der Waals surface area contributed by atoms with Crippen molar-refractivity contribution in [2.45, 2.75) is 31.5 Å². The summed E-state index contributed by atoms with van der Waals surface area (Å²) in [7, 11) is 2.93. The zero-order valence-corrected chi connectivity index (χ0v) is 22.5. The topological polar surface area (TPSA) is 94.5 Å². The number of hydrogen-bond donors (Lipinski definition) is 1. The third-order valence-electron chi connectivity index (χ3n) is 6.09. The number of fused-ring (bicyclic) bond motifs is 1. The highest BCUT2D eigenvalue weighted by Crippen LogP contribution is 2.45. The number of carbonyl (C=O) groups excluding carboxylic acids is 1. The van der Waals surface area contributed by atoms with E-state index in [4.69, 9.17) is 37.4 Å². The van der Waals surface area contributed by atoms with E-state index in [9.17, 15) is 27.9 Å². The molecule has 1 amide bonds. The fourth-order valence-corrected chi connectivity index (χ4v) is 4.80. The van der Waals surface area contributed by atoms with Crippen LogP contribution in [0.1, 0.15) is 29.2 Å². The summed E-state index contributed by atoms with van der Waals surface area (Å²) >= 11 is 12.6. The van der Waals surface area contributed by atoms with Gasteiger partial charge in [-0.2, -0.15) is 0 Å². The Morgan fingerprint density at radius 2 is 1.77 bits per heavy atom. The van der Waals surface area contributed by atoms with Crippen LogP contribution in [-0.2, 0) is 20.9 Å². The number of ether oxygens (including phenoxy) is 4. The number of halogens is 5. The molecule has 4 rings (SSSR count). The number of aliphatic carboxylic acids is 1. The van der Waals surface area contributed by atoms with Crippen molar-refractivity contribution in [3.63, 3.8) is 0 Å². The Kier molecular flexibility index (Phi) is 8.67. The van der Waals surface area contributed by atoms with Gasteiger partial charge in [-0.1, -0.05) is 35.3 Å². The van der Waals surface area contributed by atoms with Gasteiger partial charge in [-0.3, -0.25) is 9.59 Å². The van der Waals surface area contributed by atoms with Gasteiger partial charge in [0.25, 0.3) is 5.91 Å². The summed E-state index contributed by atoms with van der Waals surface area (Å²) in [6, 6.07) is 13.2. The van der Waals surface area contributed by atoms with Crippen molar-refractivity contribution in [1.29, 1.82) is 0 Å². The Balaban J connectivity index is 1.89. The summed E-state index contributed by atoms with van der Waals surface area (Å²) in [5, 5.41) is 9.36. The van der Waals surface area contributed by atoms with E-state index in [1.807, 2.05) is 0 Å². The normalized spacial score (nSPS) is 17.2. The van der Waals surface area contributed by atoms with Crippen LogP contribution in [0.4, 0.5) is 18.9 Å². The summed E-state index contributed by atoms with van der Waals surface area (Å²) < 4.78 is 59.8. The molecular formula is C27H22Cl2F3NO7. The number of carboxylic acid groups (broad SMARTS) is 1. The lowest BCUT2D eigenvalue weighted by Crippen LogP contribution is -2.40. The predicted molar refractivity (Wildman–Crippen MR) is 139 cm³/mol. The monoisotopic (exact) mass is 599 g/mol. The maximum absolute atomic E-state index is 13.8. The molecule has 212 valence electrons. The van der Waals surface area contributed by atoms with E-state index in [-0.39, 0.29) is 28.4 Å². The molecule has 2 atom stereocenters. The van der Waals surface area contributed by atoms with E-state index in [2.05, 4.69) is 4.74 Å². The molecule has 0 saturated heterocycles. The molecule has 0 aliphatic carbocycles. The highest BCUT2D eigenvalue weighted by molar-refractivity contribution is 6.33. The number of benzene rings is 3. The molecule has 2 unspecified atom stereocenters. The zero-order chi connectivity index (χ0) is 29.2. The fraction of sp³-hybridized carbons (Fsp3) is 0.259. The van der Waals surface area contributed by atoms with Gasteiger partial charge in [-0.05, 0) is 36.4 Å². The molecule has 1 N–H and O–H groups in total. The number of carbonyl (C=O) groups is 2. The average Bonchev–Trinajstić information content (AvgIpc) is 2.99. The molecule has 1 heterocycles. The molecule has 0 bridgehead atoms. The van der Waals surface area contributed by atoms with Crippen LogP contribution in [0.25, 0.3) is 0 Å². The van der Waals surface area contributed by atoms with Gasteiger partial charge in [0.1, 0.15) is 29.5 Å². The maximum Gasteiger partial charge on any atom is 0.573 e. The Bertz CT molecular complexity index is 1430. The summed E-state index contributed by atoms with van der Waals surface area (Å²) in [5.74, 6) is -1.81. The molecular weight excluding hydrogens is 578 g/mol. The molecule has 3 aromatic rings. The van der Waals surface area contributed by atoms with Crippen molar-refractivity contribution in [3.05, 3.63) is 81.3 Å². The van der Waals surface area contributed by atoms with Crippen molar-refractivity contribution in [2.24, 2.45) is 0 Å². The largest absolute Gasteiger partial charge is 0.573 e. The van der Waals surface area contributed by atoms with Gasteiger partial charge in [0.2, 0.25) is 0 Å². The molecule has 0 radical (unpaired) electrons. The van der Waals surface area contributed by atoms with E-state index in [1.165, 1.54) is 49.5 Å². The number of amides is 1. The van der Waals surface area contributed by atoms with Crippen molar-refractivity contribution in [3.8, 4) is 17.2 Å². The van der Waals surface area contributed by atoms with Crippen molar-refractivity contribution in [2.75, 3.05) is 19.1 Å². The Labute approximate surface area is 236 Å². The van der Waals surface area contributed by atoms with E-state index < -0.39 is 47.6 Å². The first-order chi connectivity index (χ1) is 18.9. The van der Waals surface area contributed by atoms with Crippen LogP contribution >= 0.6 is 23.2 Å². The summed E-state index contributed by atoms with van der Waals surface area (Å²) in [6.07, 6.45) is -8.58. The van der Waals surface area contributed by atoms with Gasteiger partial charge < -0.3 is 29.0 Å². The first kappa shape index (κ1) is 29.3. The molecule has 3 aromatic carbocycles. The molecule has 0 saturated carbocycles. The van der Waals surface area contributed by atoms with Gasteiger partial charge in [-0.15, -0.1) is 13.2 Å². The lowest BCUT2D eigenvalue weighted by Gasteiger charge is -2.26. The Morgan fingerprint density at radius 1 is 1.02 bits per heavy atom.